The molecule has 0 aliphatic heterocycles. The van der Waals surface area contributed by atoms with Gasteiger partial charge in [-0.15, -0.1) is 0 Å². The van der Waals surface area contributed by atoms with E-state index in [0.717, 1.165) is 51.0 Å². The van der Waals surface area contributed by atoms with E-state index in [0.29, 0.717) is 0 Å². The summed E-state index contributed by atoms with van der Waals surface area (Å²) in [5.41, 5.74) is 11.9. The van der Waals surface area contributed by atoms with E-state index in [1.165, 1.54) is 21.9 Å². The van der Waals surface area contributed by atoms with Crippen molar-refractivity contribution in [1.29, 1.82) is 0 Å². The van der Waals surface area contributed by atoms with Crippen LogP contribution in [0.25, 0.3) is 38.8 Å². The number of aromatic nitrogens is 2. The highest BCUT2D eigenvalue weighted by Crippen LogP contribution is 2.40. The highest BCUT2D eigenvalue weighted by Gasteiger charge is 2.17. The largest absolute Gasteiger partial charge is 0.311 e. The molecular formula is C47H34N4. The smallest absolute Gasteiger partial charge is 0.137 e. The van der Waals surface area contributed by atoms with Crippen LogP contribution in [-0.4, -0.2) is 9.38 Å². The molecule has 0 fully saturated rings. The zero-order chi connectivity index (χ0) is 34.0. The van der Waals surface area contributed by atoms with E-state index in [2.05, 4.69) is 196 Å². The van der Waals surface area contributed by atoms with Gasteiger partial charge in [0.05, 0.1) is 5.69 Å². The fourth-order valence-electron chi connectivity index (χ4n) is 6.92. The van der Waals surface area contributed by atoms with Gasteiger partial charge in [-0.2, -0.15) is 0 Å². The number of rotatable bonds is 8. The summed E-state index contributed by atoms with van der Waals surface area (Å²) >= 11 is 0. The molecule has 0 saturated heterocycles. The molecule has 0 atom stereocenters. The normalized spacial score (nSPS) is 11.1. The fourth-order valence-corrected chi connectivity index (χ4v) is 6.92. The van der Waals surface area contributed by atoms with Gasteiger partial charge in [0.1, 0.15) is 5.65 Å². The molecule has 0 spiro atoms. The van der Waals surface area contributed by atoms with Gasteiger partial charge in [-0.25, -0.2) is 4.98 Å². The highest BCUT2D eigenvalue weighted by atomic mass is 15.2. The van der Waals surface area contributed by atoms with Crippen LogP contribution in [0.1, 0.15) is 0 Å². The summed E-state index contributed by atoms with van der Waals surface area (Å²) in [6, 6.07) is 68.6. The lowest BCUT2D eigenvalue weighted by atomic mass is 9.98. The van der Waals surface area contributed by atoms with E-state index in [4.69, 9.17) is 4.98 Å². The second kappa shape index (κ2) is 13.2. The van der Waals surface area contributed by atoms with E-state index >= 15 is 0 Å². The number of benzene rings is 7. The predicted molar refractivity (Wildman–Crippen MR) is 213 cm³/mol. The van der Waals surface area contributed by atoms with Crippen LogP contribution in [0.15, 0.2) is 207 Å². The third-order valence-electron chi connectivity index (χ3n) is 9.41. The van der Waals surface area contributed by atoms with Gasteiger partial charge in [-0.3, -0.25) is 0 Å². The maximum atomic E-state index is 4.85. The molecule has 0 amide bonds. The number of pyridine rings is 1. The Morgan fingerprint density at radius 3 is 1.43 bits per heavy atom. The molecule has 7 aromatic carbocycles. The Labute approximate surface area is 297 Å². The van der Waals surface area contributed by atoms with Crippen LogP contribution >= 0.6 is 0 Å². The van der Waals surface area contributed by atoms with Gasteiger partial charge in [0.2, 0.25) is 0 Å². The molecule has 0 radical (unpaired) electrons. The van der Waals surface area contributed by atoms with Gasteiger partial charge in [0.25, 0.3) is 0 Å². The Kier molecular flexibility index (Phi) is 7.80. The average Bonchev–Trinajstić information content (AvgIpc) is 3.65. The Bertz CT molecular complexity index is 2480. The van der Waals surface area contributed by atoms with E-state index in [1.54, 1.807) is 0 Å². The van der Waals surface area contributed by atoms with Crippen molar-refractivity contribution in [3.8, 4) is 22.4 Å². The zero-order valence-corrected chi connectivity index (χ0v) is 27.9. The molecule has 0 unspecified atom stereocenters. The van der Waals surface area contributed by atoms with Crippen molar-refractivity contribution < 1.29 is 0 Å². The van der Waals surface area contributed by atoms with Crippen LogP contribution in [0.2, 0.25) is 0 Å². The van der Waals surface area contributed by atoms with E-state index in [9.17, 15) is 0 Å². The topological polar surface area (TPSA) is 23.8 Å². The molecule has 2 heterocycles. The summed E-state index contributed by atoms with van der Waals surface area (Å²) in [4.78, 5) is 9.46. The lowest BCUT2D eigenvalue weighted by Crippen LogP contribution is -2.12. The molecule has 9 aromatic rings. The average molecular weight is 655 g/mol. The number of fused-ring (bicyclic) bond motifs is 2. The molecule has 0 saturated carbocycles. The quantitative estimate of drug-likeness (QED) is 0.163. The number of para-hydroxylation sites is 2. The number of hydrogen-bond acceptors (Lipinski definition) is 3. The number of hydrogen-bond donors (Lipinski definition) is 0. The number of nitrogens with zero attached hydrogens (tertiary/aromatic N) is 4. The second-order valence-corrected chi connectivity index (χ2v) is 12.6. The molecule has 0 aliphatic rings. The van der Waals surface area contributed by atoms with Crippen molar-refractivity contribution in [2.24, 2.45) is 0 Å². The van der Waals surface area contributed by atoms with Crippen molar-refractivity contribution in [2.45, 2.75) is 0 Å². The van der Waals surface area contributed by atoms with E-state index in [-0.39, 0.29) is 0 Å². The Morgan fingerprint density at radius 2 is 0.843 bits per heavy atom. The molecule has 0 N–H and O–H groups in total. The third kappa shape index (κ3) is 5.90. The van der Waals surface area contributed by atoms with Crippen LogP contribution in [0.5, 0.6) is 0 Å². The zero-order valence-electron chi connectivity index (χ0n) is 27.9. The minimum Gasteiger partial charge on any atom is -0.311 e. The molecule has 0 aliphatic carbocycles. The first-order valence-electron chi connectivity index (χ1n) is 17.2. The van der Waals surface area contributed by atoms with Gasteiger partial charge < -0.3 is 14.2 Å². The summed E-state index contributed by atoms with van der Waals surface area (Å²) in [5.74, 6) is 0. The van der Waals surface area contributed by atoms with Crippen molar-refractivity contribution in [1.82, 2.24) is 9.38 Å². The lowest BCUT2D eigenvalue weighted by molar-refractivity contribution is 1.19. The SMILES string of the molecule is c1ccc(N(c2ccccc2)c2ccc(N(c3ccc(-c4cn5ccccc5n4)cc3)c3ccc(-c4cccc5ccccc45)cc3)cc2)cc1. The van der Waals surface area contributed by atoms with Crippen LogP contribution in [0.3, 0.4) is 0 Å². The van der Waals surface area contributed by atoms with Crippen molar-refractivity contribution in [3.05, 3.63) is 207 Å². The molecule has 4 nitrogen and oxygen atoms in total. The summed E-state index contributed by atoms with van der Waals surface area (Å²) < 4.78 is 2.06. The van der Waals surface area contributed by atoms with Gasteiger partial charge in [-0.05, 0) is 107 Å². The molecule has 9 rings (SSSR count). The van der Waals surface area contributed by atoms with Crippen LogP contribution in [0.4, 0.5) is 34.1 Å². The van der Waals surface area contributed by atoms with Gasteiger partial charge in [-0.1, -0.05) is 109 Å². The Hall–Kier alpha value is -6.91. The standard InChI is InChI=1S/C47H34N4/c1-3-14-38(15-4-1)50(39-16-5-2-6-17-39)42-29-31-43(32-30-42)51(41-27-23-37(24-28-41)46-34-49-33-10-9-20-47(49)48-46)40-25-21-36(22-26-40)45-19-11-13-35-12-7-8-18-44(35)45/h1-34H. The number of anilines is 6. The van der Waals surface area contributed by atoms with Gasteiger partial charge in [0, 0.05) is 52.1 Å². The van der Waals surface area contributed by atoms with Crippen LogP contribution in [0, 0.1) is 0 Å². The molecule has 51 heavy (non-hydrogen) atoms. The fraction of sp³-hybridized carbons (Fsp3) is 0. The monoisotopic (exact) mass is 654 g/mol. The summed E-state index contributed by atoms with van der Waals surface area (Å²) in [6.07, 6.45) is 4.11. The second-order valence-electron chi connectivity index (χ2n) is 12.6. The Morgan fingerprint density at radius 1 is 0.373 bits per heavy atom. The van der Waals surface area contributed by atoms with Gasteiger partial charge in [0.15, 0.2) is 0 Å². The van der Waals surface area contributed by atoms with Crippen LogP contribution in [-0.2, 0) is 0 Å². The summed E-state index contributed by atoms with van der Waals surface area (Å²) in [6.45, 7) is 0. The minimum atomic E-state index is 0.935. The maximum Gasteiger partial charge on any atom is 0.137 e. The van der Waals surface area contributed by atoms with Crippen LogP contribution < -0.4 is 9.80 Å². The van der Waals surface area contributed by atoms with Crippen molar-refractivity contribution >= 4 is 50.5 Å². The molecular weight excluding hydrogens is 621 g/mol. The van der Waals surface area contributed by atoms with E-state index in [1.807, 2.05) is 24.4 Å². The predicted octanol–water partition coefficient (Wildman–Crippen LogP) is 12.8. The first-order valence-corrected chi connectivity index (χ1v) is 17.2. The van der Waals surface area contributed by atoms with Crippen molar-refractivity contribution in [3.63, 3.8) is 0 Å². The first-order chi connectivity index (χ1) is 25.3. The summed E-state index contributed by atoms with van der Waals surface area (Å²) in [5, 5.41) is 2.50. The third-order valence-corrected chi connectivity index (χ3v) is 9.41. The van der Waals surface area contributed by atoms with Crippen molar-refractivity contribution in [2.75, 3.05) is 9.80 Å². The molecule has 242 valence electrons. The summed E-state index contributed by atoms with van der Waals surface area (Å²) in [7, 11) is 0. The van der Waals surface area contributed by atoms with Gasteiger partial charge >= 0.3 is 0 Å². The lowest BCUT2D eigenvalue weighted by Gasteiger charge is -2.28. The number of imidazole rings is 1. The highest BCUT2D eigenvalue weighted by molar-refractivity contribution is 5.97. The Balaban J connectivity index is 1.11. The molecule has 4 heteroatoms. The maximum absolute atomic E-state index is 4.85. The first kappa shape index (κ1) is 30.2. The molecule has 0 bridgehead atoms. The molecule has 2 aromatic heterocycles. The van der Waals surface area contributed by atoms with E-state index < -0.39 is 0 Å². The minimum absolute atomic E-state index is 0.935.